The molecule has 2 aromatic carbocycles. The normalized spacial score (nSPS) is 18.5. The standard InChI is InChI=1S/C24H28N4O4S/c1-3-32-23-10-6-5-9-22(23)25-17-21-18(2)26-28(24(21)29)19-11-13-20(14-12-19)33(30,31)27-15-7-4-8-16-27/h5-6,9-14,17,25H,3-4,7-8,15-16H2,1-2H3. The van der Waals surface area contributed by atoms with Crippen molar-refractivity contribution in [2.24, 2.45) is 5.10 Å². The highest BCUT2D eigenvalue weighted by molar-refractivity contribution is 7.89. The van der Waals surface area contributed by atoms with Crippen LogP contribution < -0.4 is 15.1 Å². The summed E-state index contributed by atoms with van der Waals surface area (Å²) in [6.45, 7) is 5.30. The Hall–Kier alpha value is -3.17. The Morgan fingerprint density at radius 3 is 2.45 bits per heavy atom. The van der Waals surface area contributed by atoms with E-state index in [9.17, 15) is 13.2 Å². The molecule has 2 aliphatic rings. The molecule has 2 heterocycles. The number of carbonyl (C=O) groups is 1. The molecule has 0 aromatic heterocycles. The van der Waals surface area contributed by atoms with Crippen molar-refractivity contribution in [3.8, 4) is 5.75 Å². The molecule has 33 heavy (non-hydrogen) atoms. The number of amides is 1. The first-order chi connectivity index (χ1) is 15.9. The zero-order valence-electron chi connectivity index (χ0n) is 18.8. The Kier molecular flexibility index (Phi) is 6.80. The Morgan fingerprint density at radius 2 is 1.76 bits per heavy atom. The summed E-state index contributed by atoms with van der Waals surface area (Å²) in [4.78, 5) is 13.3. The van der Waals surface area contributed by atoms with Crippen molar-refractivity contribution in [1.29, 1.82) is 0 Å². The van der Waals surface area contributed by atoms with E-state index in [1.165, 1.54) is 21.4 Å². The third-order valence-corrected chi connectivity index (χ3v) is 7.57. The van der Waals surface area contributed by atoms with E-state index in [1.54, 1.807) is 25.3 Å². The molecule has 0 aliphatic carbocycles. The molecule has 1 fully saturated rings. The number of piperidine rings is 1. The number of hydrogen-bond acceptors (Lipinski definition) is 6. The van der Waals surface area contributed by atoms with Gasteiger partial charge in [-0.1, -0.05) is 18.6 Å². The number of nitrogens with one attached hydrogen (secondary N) is 1. The summed E-state index contributed by atoms with van der Waals surface area (Å²) >= 11 is 0. The van der Waals surface area contributed by atoms with Gasteiger partial charge in [-0.05, 0) is 63.1 Å². The second kappa shape index (κ2) is 9.76. The largest absolute Gasteiger partial charge is 0.492 e. The quantitative estimate of drug-likeness (QED) is 0.621. The Labute approximate surface area is 194 Å². The molecular weight excluding hydrogens is 440 g/mol. The molecule has 1 N–H and O–H groups in total. The van der Waals surface area contributed by atoms with Crippen molar-refractivity contribution in [3.63, 3.8) is 0 Å². The van der Waals surface area contributed by atoms with E-state index in [0.717, 1.165) is 24.9 Å². The molecule has 0 atom stereocenters. The monoisotopic (exact) mass is 468 g/mol. The highest BCUT2D eigenvalue weighted by Gasteiger charge is 2.30. The molecule has 1 amide bonds. The molecule has 174 valence electrons. The molecule has 0 radical (unpaired) electrons. The zero-order chi connectivity index (χ0) is 23.4. The molecule has 2 aliphatic heterocycles. The number of ether oxygens (including phenoxy) is 1. The summed E-state index contributed by atoms with van der Waals surface area (Å²) in [5.41, 5.74) is 2.24. The maximum atomic E-state index is 13.0. The van der Waals surface area contributed by atoms with Crippen LogP contribution in [-0.4, -0.2) is 44.0 Å². The van der Waals surface area contributed by atoms with Gasteiger partial charge in [0.2, 0.25) is 10.0 Å². The molecule has 0 saturated carbocycles. The smallest absolute Gasteiger partial charge is 0.282 e. The van der Waals surface area contributed by atoms with Crippen LogP contribution in [0, 0.1) is 0 Å². The lowest BCUT2D eigenvalue weighted by Crippen LogP contribution is -2.35. The van der Waals surface area contributed by atoms with E-state index in [1.807, 2.05) is 31.2 Å². The number of hydrazone groups is 1. The average Bonchev–Trinajstić information content (AvgIpc) is 3.12. The number of carbonyl (C=O) groups excluding carboxylic acids is 1. The highest BCUT2D eigenvalue weighted by atomic mass is 32.2. The first-order valence-corrected chi connectivity index (χ1v) is 12.5. The minimum atomic E-state index is -3.52. The van der Waals surface area contributed by atoms with Gasteiger partial charge in [0.25, 0.3) is 5.91 Å². The van der Waals surface area contributed by atoms with E-state index in [-0.39, 0.29) is 10.8 Å². The number of anilines is 2. The lowest BCUT2D eigenvalue weighted by Gasteiger charge is -2.26. The Morgan fingerprint density at radius 1 is 1.06 bits per heavy atom. The Balaban J connectivity index is 1.51. The summed E-state index contributed by atoms with van der Waals surface area (Å²) in [5, 5.41) is 8.80. The average molecular weight is 469 g/mol. The molecule has 8 nitrogen and oxygen atoms in total. The molecular formula is C24H28N4O4S. The first-order valence-electron chi connectivity index (χ1n) is 11.1. The summed E-state index contributed by atoms with van der Waals surface area (Å²) in [6, 6.07) is 13.8. The molecule has 4 rings (SSSR count). The highest BCUT2D eigenvalue weighted by Crippen LogP contribution is 2.28. The minimum Gasteiger partial charge on any atom is -0.492 e. The number of hydrogen-bond donors (Lipinski definition) is 1. The van der Waals surface area contributed by atoms with Crippen molar-refractivity contribution < 1.29 is 17.9 Å². The summed E-state index contributed by atoms with van der Waals surface area (Å²) in [6.07, 6.45) is 4.44. The van der Waals surface area contributed by atoms with Crippen molar-refractivity contribution in [3.05, 3.63) is 60.3 Å². The maximum Gasteiger partial charge on any atom is 0.282 e. The van der Waals surface area contributed by atoms with Crippen LogP contribution in [-0.2, 0) is 14.8 Å². The fraction of sp³-hybridized carbons (Fsp3) is 0.333. The van der Waals surface area contributed by atoms with Gasteiger partial charge in [0.1, 0.15) is 5.75 Å². The molecule has 1 saturated heterocycles. The van der Waals surface area contributed by atoms with Crippen molar-refractivity contribution in [2.45, 2.75) is 38.0 Å². The second-order valence-electron chi connectivity index (χ2n) is 7.89. The van der Waals surface area contributed by atoms with E-state index < -0.39 is 10.0 Å². The fourth-order valence-corrected chi connectivity index (χ4v) is 5.41. The van der Waals surface area contributed by atoms with Crippen molar-refractivity contribution >= 4 is 33.0 Å². The third-order valence-electron chi connectivity index (χ3n) is 5.66. The lowest BCUT2D eigenvalue weighted by molar-refractivity contribution is -0.114. The van der Waals surface area contributed by atoms with Crippen molar-refractivity contribution in [2.75, 3.05) is 30.0 Å². The van der Waals surface area contributed by atoms with Crippen LogP contribution in [0.2, 0.25) is 0 Å². The van der Waals surface area contributed by atoms with Gasteiger partial charge in [-0.2, -0.15) is 14.4 Å². The Bertz CT molecular complexity index is 1180. The summed E-state index contributed by atoms with van der Waals surface area (Å²) in [7, 11) is -3.52. The van der Waals surface area contributed by atoms with E-state index in [0.29, 0.717) is 42.4 Å². The maximum absolute atomic E-state index is 13.0. The zero-order valence-corrected chi connectivity index (χ0v) is 19.6. The predicted octanol–water partition coefficient (Wildman–Crippen LogP) is 3.98. The van der Waals surface area contributed by atoms with Crippen LogP contribution in [0.15, 0.2) is 70.3 Å². The molecule has 0 unspecified atom stereocenters. The molecule has 2 aromatic rings. The number of benzene rings is 2. The van der Waals surface area contributed by atoms with Crippen LogP contribution in [0.1, 0.15) is 33.1 Å². The number of nitrogens with zero attached hydrogens (tertiary/aromatic N) is 3. The number of para-hydroxylation sites is 2. The van der Waals surface area contributed by atoms with Crippen LogP contribution in [0.25, 0.3) is 0 Å². The summed E-state index contributed by atoms with van der Waals surface area (Å²) < 4.78 is 32.9. The van der Waals surface area contributed by atoms with E-state index >= 15 is 0 Å². The second-order valence-corrected chi connectivity index (χ2v) is 9.83. The summed E-state index contributed by atoms with van der Waals surface area (Å²) in [5.74, 6) is 0.403. The lowest BCUT2D eigenvalue weighted by atomic mass is 10.2. The SMILES string of the molecule is CCOc1ccccc1NC=C1C(=O)N(c2ccc(S(=O)(=O)N3CCCCC3)cc2)N=C1C. The van der Waals surface area contributed by atoms with Gasteiger partial charge in [0.15, 0.2) is 0 Å². The van der Waals surface area contributed by atoms with Crippen LogP contribution in [0.4, 0.5) is 11.4 Å². The minimum absolute atomic E-state index is 0.227. The van der Waals surface area contributed by atoms with Gasteiger partial charge < -0.3 is 10.1 Å². The number of rotatable bonds is 7. The van der Waals surface area contributed by atoms with Crippen LogP contribution in [0.3, 0.4) is 0 Å². The van der Waals surface area contributed by atoms with Gasteiger partial charge in [-0.3, -0.25) is 4.79 Å². The van der Waals surface area contributed by atoms with E-state index in [4.69, 9.17) is 4.74 Å². The molecule has 0 spiro atoms. The molecule has 9 heteroatoms. The third kappa shape index (κ3) is 4.79. The first kappa shape index (κ1) is 23.0. The van der Waals surface area contributed by atoms with Gasteiger partial charge in [-0.25, -0.2) is 8.42 Å². The van der Waals surface area contributed by atoms with Crippen LogP contribution >= 0.6 is 0 Å². The van der Waals surface area contributed by atoms with Crippen LogP contribution in [0.5, 0.6) is 5.75 Å². The molecule has 0 bridgehead atoms. The van der Waals surface area contributed by atoms with Gasteiger partial charge in [0, 0.05) is 19.3 Å². The fourth-order valence-electron chi connectivity index (χ4n) is 3.89. The van der Waals surface area contributed by atoms with Gasteiger partial charge in [0.05, 0.1) is 34.2 Å². The number of sulfonamides is 1. The van der Waals surface area contributed by atoms with Gasteiger partial charge in [-0.15, -0.1) is 0 Å². The van der Waals surface area contributed by atoms with Crippen molar-refractivity contribution in [1.82, 2.24) is 4.31 Å². The topological polar surface area (TPSA) is 91.3 Å². The van der Waals surface area contributed by atoms with Gasteiger partial charge >= 0.3 is 0 Å². The van der Waals surface area contributed by atoms with E-state index in [2.05, 4.69) is 10.4 Å². The predicted molar refractivity (Wildman–Crippen MR) is 129 cm³/mol.